The van der Waals surface area contributed by atoms with Crippen LogP contribution in [0.1, 0.15) is 25.0 Å². The predicted octanol–water partition coefficient (Wildman–Crippen LogP) is 7.09. The highest BCUT2D eigenvalue weighted by atomic mass is 35.5. The van der Waals surface area contributed by atoms with Gasteiger partial charge in [0.25, 0.3) is 5.91 Å². The molecular weight excluding hydrogens is 515 g/mol. The smallest absolute Gasteiger partial charge is 0.266 e. The molecule has 0 radical (unpaired) electrons. The highest BCUT2D eigenvalue weighted by molar-refractivity contribution is 8.18. The minimum Gasteiger partial charge on any atom is -0.497 e. The molecule has 4 rings (SSSR count). The fourth-order valence-electron chi connectivity index (χ4n) is 3.63. The standard InChI is InChI=1S/C28H26ClFN2O4S/c1-4-32-27(33)25(37-28(32)31-20-10-12-21(34-3)13-11-20)16-18-14-22(29)26(24(15-18)35-5-2)36-17-19-8-6-7-9-23(19)30/h6-16H,4-5,17H2,1-3H3/b25-16+,31-28?. The topological polar surface area (TPSA) is 60.4 Å². The van der Waals surface area contributed by atoms with Crippen molar-refractivity contribution in [3.8, 4) is 17.2 Å². The van der Waals surface area contributed by atoms with Gasteiger partial charge in [0.2, 0.25) is 0 Å². The number of halogens is 2. The number of hydrogen-bond acceptors (Lipinski definition) is 6. The Kier molecular flexibility index (Phi) is 8.74. The summed E-state index contributed by atoms with van der Waals surface area (Å²) in [4.78, 5) is 19.9. The second-order valence-corrected chi connectivity index (χ2v) is 9.31. The number of hydrogen-bond donors (Lipinski definition) is 0. The zero-order chi connectivity index (χ0) is 26.4. The second kappa shape index (κ2) is 12.2. The summed E-state index contributed by atoms with van der Waals surface area (Å²) < 4.78 is 30.8. The summed E-state index contributed by atoms with van der Waals surface area (Å²) in [6.07, 6.45) is 1.75. The van der Waals surface area contributed by atoms with Gasteiger partial charge in [0.1, 0.15) is 18.2 Å². The zero-order valence-corrected chi connectivity index (χ0v) is 22.2. The molecule has 0 spiro atoms. The maximum absolute atomic E-state index is 14.0. The van der Waals surface area contributed by atoms with Crippen LogP contribution in [0.3, 0.4) is 0 Å². The van der Waals surface area contributed by atoms with E-state index in [-0.39, 0.29) is 18.3 Å². The molecule has 1 heterocycles. The summed E-state index contributed by atoms with van der Waals surface area (Å²) in [7, 11) is 1.60. The van der Waals surface area contributed by atoms with Crippen molar-refractivity contribution >= 4 is 46.2 Å². The molecule has 6 nitrogen and oxygen atoms in total. The number of carbonyl (C=O) groups is 1. The average molecular weight is 541 g/mol. The van der Waals surface area contributed by atoms with E-state index in [9.17, 15) is 9.18 Å². The Morgan fingerprint density at radius 2 is 1.84 bits per heavy atom. The summed E-state index contributed by atoms with van der Waals surface area (Å²) in [5, 5.41) is 0.883. The lowest BCUT2D eigenvalue weighted by Gasteiger charge is -2.15. The summed E-state index contributed by atoms with van der Waals surface area (Å²) in [5.74, 6) is 0.954. The van der Waals surface area contributed by atoms with Gasteiger partial charge < -0.3 is 14.2 Å². The molecule has 1 amide bonds. The van der Waals surface area contributed by atoms with Gasteiger partial charge in [0.15, 0.2) is 16.7 Å². The number of thioether (sulfide) groups is 1. The second-order valence-electron chi connectivity index (χ2n) is 7.90. The van der Waals surface area contributed by atoms with E-state index in [1.165, 1.54) is 17.8 Å². The molecule has 0 aromatic heterocycles. The van der Waals surface area contributed by atoms with Crippen LogP contribution >= 0.6 is 23.4 Å². The first kappa shape index (κ1) is 26.6. The number of carbonyl (C=O) groups excluding carboxylic acids is 1. The number of amidine groups is 1. The van der Waals surface area contributed by atoms with Gasteiger partial charge in [-0.2, -0.15) is 0 Å². The molecule has 0 saturated carbocycles. The van der Waals surface area contributed by atoms with Crippen molar-refractivity contribution in [2.45, 2.75) is 20.5 Å². The third-order valence-electron chi connectivity index (χ3n) is 5.46. The predicted molar refractivity (Wildman–Crippen MR) is 146 cm³/mol. The van der Waals surface area contributed by atoms with Gasteiger partial charge in [-0.15, -0.1) is 0 Å². The number of benzene rings is 3. The Morgan fingerprint density at radius 3 is 2.51 bits per heavy atom. The van der Waals surface area contributed by atoms with Crippen LogP contribution in [0, 0.1) is 5.82 Å². The van der Waals surface area contributed by atoms with E-state index in [4.69, 9.17) is 25.8 Å². The van der Waals surface area contributed by atoms with E-state index in [1.807, 2.05) is 38.1 Å². The molecule has 0 unspecified atom stereocenters. The lowest BCUT2D eigenvalue weighted by atomic mass is 10.1. The summed E-state index contributed by atoms with van der Waals surface area (Å²) >= 11 is 7.84. The van der Waals surface area contributed by atoms with Gasteiger partial charge in [-0.25, -0.2) is 9.38 Å². The molecular formula is C28H26ClFN2O4S. The minimum atomic E-state index is -0.359. The van der Waals surface area contributed by atoms with E-state index in [2.05, 4.69) is 4.99 Å². The molecule has 0 aliphatic carbocycles. The molecule has 0 bridgehead atoms. The Morgan fingerprint density at radius 1 is 1.08 bits per heavy atom. The van der Waals surface area contributed by atoms with Gasteiger partial charge >= 0.3 is 0 Å². The van der Waals surface area contributed by atoms with Crippen molar-refractivity contribution in [1.82, 2.24) is 4.90 Å². The molecule has 1 aliphatic rings. The summed E-state index contributed by atoms with van der Waals surface area (Å²) in [6.45, 7) is 4.60. The first-order valence-corrected chi connectivity index (χ1v) is 12.9. The van der Waals surface area contributed by atoms with Crippen LogP contribution in [0.4, 0.5) is 10.1 Å². The van der Waals surface area contributed by atoms with Gasteiger partial charge in [-0.05, 0) is 79.7 Å². The molecule has 37 heavy (non-hydrogen) atoms. The molecule has 0 N–H and O–H groups in total. The highest BCUT2D eigenvalue weighted by Gasteiger charge is 2.32. The average Bonchev–Trinajstić information content (AvgIpc) is 3.18. The van der Waals surface area contributed by atoms with Crippen LogP contribution < -0.4 is 14.2 Å². The fraction of sp³-hybridized carbons (Fsp3) is 0.214. The third-order valence-corrected chi connectivity index (χ3v) is 6.75. The number of methoxy groups -OCH3 is 1. The van der Waals surface area contributed by atoms with Crippen LogP contribution in [0.2, 0.25) is 5.02 Å². The van der Waals surface area contributed by atoms with Crippen molar-refractivity contribution in [3.63, 3.8) is 0 Å². The molecule has 3 aromatic rings. The molecule has 1 aliphatic heterocycles. The van der Waals surface area contributed by atoms with Gasteiger partial charge in [0, 0.05) is 12.1 Å². The van der Waals surface area contributed by atoms with Gasteiger partial charge in [-0.1, -0.05) is 29.8 Å². The normalized spacial score (nSPS) is 15.5. The van der Waals surface area contributed by atoms with E-state index >= 15 is 0 Å². The van der Waals surface area contributed by atoms with Crippen molar-refractivity contribution in [2.75, 3.05) is 20.3 Å². The Hall–Kier alpha value is -3.49. The van der Waals surface area contributed by atoms with E-state index < -0.39 is 0 Å². The SMILES string of the molecule is CCOc1cc(/C=C2/SC(=Nc3ccc(OC)cc3)N(CC)C2=O)cc(Cl)c1OCc1ccccc1F. The number of nitrogens with zero attached hydrogens (tertiary/aromatic N) is 2. The van der Waals surface area contributed by atoms with Crippen LogP contribution in [-0.2, 0) is 11.4 Å². The minimum absolute atomic E-state index is 0.00210. The zero-order valence-electron chi connectivity index (χ0n) is 20.7. The molecule has 1 saturated heterocycles. The summed E-state index contributed by atoms with van der Waals surface area (Å²) in [6, 6.07) is 17.1. The quantitative estimate of drug-likeness (QED) is 0.271. The molecule has 192 valence electrons. The van der Waals surface area contributed by atoms with Gasteiger partial charge in [0.05, 0.1) is 29.3 Å². The lowest BCUT2D eigenvalue weighted by Crippen LogP contribution is -2.28. The highest BCUT2D eigenvalue weighted by Crippen LogP contribution is 2.40. The summed E-state index contributed by atoms with van der Waals surface area (Å²) in [5.41, 5.74) is 1.79. The number of rotatable bonds is 9. The molecule has 3 aromatic carbocycles. The van der Waals surface area contributed by atoms with E-state index in [0.717, 1.165) is 5.75 Å². The Labute approximate surface area is 224 Å². The molecule has 0 atom stereocenters. The van der Waals surface area contributed by atoms with Crippen molar-refractivity contribution in [2.24, 2.45) is 4.99 Å². The van der Waals surface area contributed by atoms with Crippen molar-refractivity contribution in [3.05, 3.63) is 87.5 Å². The first-order chi connectivity index (χ1) is 17.9. The first-order valence-electron chi connectivity index (χ1n) is 11.7. The monoisotopic (exact) mass is 540 g/mol. The van der Waals surface area contributed by atoms with Crippen molar-refractivity contribution in [1.29, 1.82) is 0 Å². The number of aliphatic imine (C=N–C) groups is 1. The van der Waals surface area contributed by atoms with Gasteiger partial charge in [-0.3, -0.25) is 9.69 Å². The van der Waals surface area contributed by atoms with E-state index in [1.54, 1.807) is 48.4 Å². The number of amides is 1. The Balaban J connectivity index is 1.60. The van der Waals surface area contributed by atoms with Crippen LogP contribution in [0.15, 0.2) is 70.6 Å². The molecule has 1 fully saturated rings. The number of ether oxygens (including phenoxy) is 3. The maximum Gasteiger partial charge on any atom is 0.266 e. The van der Waals surface area contributed by atoms with E-state index in [0.29, 0.717) is 56.6 Å². The van der Waals surface area contributed by atoms with Crippen LogP contribution in [-0.4, -0.2) is 36.2 Å². The van der Waals surface area contributed by atoms with Crippen molar-refractivity contribution < 1.29 is 23.4 Å². The number of likely N-dealkylation sites (N-methyl/N-ethyl adjacent to an activating group) is 1. The lowest BCUT2D eigenvalue weighted by molar-refractivity contribution is -0.122. The third kappa shape index (κ3) is 6.26. The Bertz CT molecular complexity index is 1340. The van der Waals surface area contributed by atoms with Crippen LogP contribution in [0.25, 0.3) is 6.08 Å². The maximum atomic E-state index is 14.0. The fourth-order valence-corrected chi connectivity index (χ4v) is 4.96. The van der Waals surface area contributed by atoms with Crippen LogP contribution in [0.5, 0.6) is 17.2 Å². The largest absolute Gasteiger partial charge is 0.497 e. The molecule has 9 heteroatoms.